The summed E-state index contributed by atoms with van der Waals surface area (Å²) in [6, 6.07) is 4.93. The number of fused-ring (bicyclic) bond motifs is 1. The summed E-state index contributed by atoms with van der Waals surface area (Å²) in [4.78, 5) is 4.22. The zero-order valence-corrected chi connectivity index (χ0v) is 10.8. The van der Waals surface area contributed by atoms with E-state index < -0.39 is 0 Å². The van der Waals surface area contributed by atoms with Crippen LogP contribution >= 0.6 is 11.8 Å². The number of benzene rings is 1. The minimum absolute atomic E-state index is 0.278. The van der Waals surface area contributed by atoms with Gasteiger partial charge in [-0.1, -0.05) is 6.92 Å². The molecule has 2 aromatic rings. The maximum atomic E-state index is 13.1. The predicted molar refractivity (Wildman–Crippen MR) is 71.8 cm³/mol. The Kier molecular flexibility index (Phi) is 3.57. The van der Waals surface area contributed by atoms with Crippen LogP contribution in [-0.4, -0.2) is 21.6 Å². The second-order valence-electron chi connectivity index (χ2n) is 3.99. The average molecular weight is 253 g/mol. The minimum Gasteiger partial charge on any atom is -0.369 e. The molecule has 3 nitrogen and oxygen atoms in total. The van der Waals surface area contributed by atoms with Crippen molar-refractivity contribution in [1.82, 2.24) is 9.55 Å². The van der Waals surface area contributed by atoms with E-state index in [0.29, 0.717) is 17.5 Å². The quantitative estimate of drug-likeness (QED) is 0.910. The molecule has 0 aliphatic carbocycles. The maximum absolute atomic E-state index is 13.1. The number of thioether (sulfide) groups is 1. The highest BCUT2D eigenvalue weighted by Gasteiger charge is 2.16. The van der Waals surface area contributed by atoms with Crippen LogP contribution < -0.4 is 5.73 Å². The number of hydrogen-bond acceptors (Lipinski definition) is 3. The molecule has 0 fully saturated rings. The third-order valence-corrected chi connectivity index (χ3v) is 3.59. The number of hydrogen-bond donors (Lipinski definition) is 1. The first-order valence-electron chi connectivity index (χ1n) is 5.59. The molecule has 1 heterocycles. The van der Waals surface area contributed by atoms with Crippen molar-refractivity contribution < 1.29 is 4.39 Å². The van der Waals surface area contributed by atoms with Gasteiger partial charge in [-0.05, 0) is 24.8 Å². The van der Waals surface area contributed by atoms with Crippen LogP contribution in [0.3, 0.4) is 0 Å². The summed E-state index contributed by atoms with van der Waals surface area (Å²) < 4.78 is 15.1. The van der Waals surface area contributed by atoms with Gasteiger partial charge >= 0.3 is 0 Å². The lowest BCUT2D eigenvalue weighted by atomic mass is 10.2. The Hall–Kier alpha value is -1.23. The molecule has 5 heteroatoms. The Morgan fingerprint density at radius 3 is 2.94 bits per heavy atom. The van der Waals surface area contributed by atoms with Gasteiger partial charge in [-0.3, -0.25) is 0 Å². The molecule has 1 aromatic carbocycles. The van der Waals surface area contributed by atoms with Crippen LogP contribution in [0.25, 0.3) is 11.0 Å². The number of rotatable bonds is 4. The summed E-state index contributed by atoms with van der Waals surface area (Å²) >= 11 is 1.77. The SMILES string of the molecule is CCC(CSC)n1c(N)nc2cc(F)ccc21. The highest BCUT2D eigenvalue weighted by atomic mass is 32.2. The third kappa shape index (κ3) is 2.24. The first kappa shape index (κ1) is 12.2. The monoisotopic (exact) mass is 253 g/mol. The Bertz CT molecular complexity index is 524. The number of nitrogens with zero attached hydrogens (tertiary/aromatic N) is 2. The molecule has 2 N–H and O–H groups in total. The van der Waals surface area contributed by atoms with Gasteiger partial charge < -0.3 is 10.3 Å². The van der Waals surface area contributed by atoms with Crippen molar-refractivity contribution in [3.8, 4) is 0 Å². The molecular formula is C12H16FN3S. The molecule has 1 unspecified atom stereocenters. The van der Waals surface area contributed by atoms with Gasteiger partial charge in [0.1, 0.15) is 5.82 Å². The van der Waals surface area contributed by atoms with Crippen molar-refractivity contribution in [3.63, 3.8) is 0 Å². The van der Waals surface area contributed by atoms with Crippen LogP contribution in [-0.2, 0) is 0 Å². The largest absolute Gasteiger partial charge is 0.369 e. The molecule has 2 rings (SSSR count). The average Bonchev–Trinajstić information content (AvgIpc) is 2.61. The van der Waals surface area contributed by atoms with Gasteiger partial charge in [0.15, 0.2) is 0 Å². The smallest absolute Gasteiger partial charge is 0.201 e. The highest BCUT2D eigenvalue weighted by Crippen LogP contribution is 2.27. The summed E-state index contributed by atoms with van der Waals surface area (Å²) in [5.74, 6) is 1.16. The molecule has 0 saturated heterocycles. The standard InChI is InChI=1S/C12H16FN3S/c1-3-9(7-17-2)16-11-5-4-8(13)6-10(11)15-12(16)14/h4-6,9H,3,7H2,1-2H3,(H2,14,15). The first-order chi connectivity index (χ1) is 8.17. The number of anilines is 1. The van der Waals surface area contributed by atoms with Crippen molar-refractivity contribution in [2.24, 2.45) is 0 Å². The van der Waals surface area contributed by atoms with Gasteiger partial charge in [0.25, 0.3) is 0 Å². The Morgan fingerprint density at radius 2 is 2.29 bits per heavy atom. The van der Waals surface area contributed by atoms with Gasteiger partial charge in [0.2, 0.25) is 5.95 Å². The predicted octanol–water partition coefficient (Wildman–Crippen LogP) is 3.07. The van der Waals surface area contributed by atoms with Crippen molar-refractivity contribution in [2.45, 2.75) is 19.4 Å². The number of nitrogens with two attached hydrogens (primary N) is 1. The zero-order valence-electron chi connectivity index (χ0n) is 9.98. The summed E-state index contributed by atoms with van der Waals surface area (Å²) in [6.07, 6.45) is 3.05. The van der Waals surface area contributed by atoms with Crippen LogP contribution in [0.4, 0.5) is 10.3 Å². The normalized spacial score (nSPS) is 13.1. The number of halogens is 1. The van der Waals surface area contributed by atoms with Crippen LogP contribution in [0.1, 0.15) is 19.4 Å². The van der Waals surface area contributed by atoms with Gasteiger partial charge in [-0.25, -0.2) is 9.37 Å². The molecule has 0 bridgehead atoms. The molecule has 17 heavy (non-hydrogen) atoms. The Morgan fingerprint density at radius 1 is 1.53 bits per heavy atom. The lowest BCUT2D eigenvalue weighted by molar-refractivity contribution is 0.560. The molecule has 1 aromatic heterocycles. The van der Waals surface area contributed by atoms with E-state index in [4.69, 9.17) is 5.73 Å². The lowest BCUT2D eigenvalue weighted by Gasteiger charge is -2.17. The molecule has 1 atom stereocenters. The van der Waals surface area contributed by atoms with Gasteiger partial charge in [0.05, 0.1) is 11.0 Å². The molecule has 0 spiro atoms. The van der Waals surface area contributed by atoms with E-state index in [0.717, 1.165) is 17.7 Å². The van der Waals surface area contributed by atoms with Crippen LogP contribution in [0.2, 0.25) is 0 Å². The minimum atomic E-state index is -0.278. The molecule has 0 aliphatic heterocycles. The number of nitrogen functional groups attached to an aromatic ring is 1. The van der Waals surface area contributed by atoms with E-state index >= 15 is 0 Å². The third-order valence-electron chi connectivity index (χ3n) is 2.87. The molecule has 0 aliphatic rings. The number of imidazole rings is 1. The number of aromatic nitrogens is 2. The van der Waals surface area contributed by atoms with E-state index in [-0.39, 0.29) is 5.82 Å². The van der Waals surface area contributed by atoms with Crippen LogP contribution in [0, 0.1) is 5.82 Å². The van der Waals surface area contributed by atoms with Crippen molar-refractivity contribution in [2.75, 3.05) is 17.7 Å². The fraction of sp³-hybridized carbons (Fsp3) is 0.417. The molecule has 92 valence electrons. The van der Waals surface area contributed by atoms with Gasteiger partial charge in [-0.15, -0.1) is 0 Å². The van der Waals surface area contributed by atoms with Crippen molar-refractivity contribution in [3.05, 3.63) is 24.0 Å². The Balaban J connectivity index is 2.55. The second-order valence-corrected chi connectivity index (χ2v) is 4.90. The van der Waals surface area contributed by atoms with Gasteiger partial charge in [-0.2, -0.15) is 11.8 Å². The zero-order chi connectivity index (χ0) is 12.4. The fourth-order valence-corrected chi connectivity index (χ4v) is 2.81. The highest BCUT2D eigenvalue weighted by molar-refractivity contribution is 7.98. The van der Waals surface area contributed by atoms with E-state index in [2.05, 4.69) is 18.2 Å². The lowest BCUT2D eigenvalue weighted by Crippen LogP contribution is -2.13. The molecule has 0 amide bonds. The summed E-state index contributed by atoms with van der Waals surface area (Å²) in [7, 11) is 0. The van der Waals surface area contributed by atoms with Crippen LogP contribution in [0.15, 0.2) is 18.2 Å². The molecule has 0 saturated carbocycles. The van der Waals surface area contributed by atoms with E-state index in [1.54, 1.807) is 17.8 Å². The van der Waals surface area contributed by atoms with E-state index in [9.17, 15) is 4.39 Å². The Labute approximate surface area is 104 Å². The molecule has 0 radical (unpaired) electrons. The van der Waals surface area contributed by atoms with E-state index in [1.165, 1.54) is 12.1 Å². The summed E-state index contributed by atoms with van der Waals surface area (Å²) in [5, 5.41) is 0. The second kappa shape index (κ2) is 4.96. The van der Waals surface area contributed by atoms with Crippen molar-refractivity contribution >= 4 is 28.7 Å². The fourth-order valence-electron chi connectivity index (χ4n) is 2.04. The van der Waals surface area contributed by atoms with E-state index in [1.807, 2.05) is 4.57 Å². The summed E-state index contributed by atoms with van der Waals surface area (Å²) in [5.41, 5.74) is 7.46. The van der Waals surface area contributed by atoms with Crippen LogP contribution in [0.5, 0.6) is 0 Å². The van der Waals surface area contributed by atoms with Gasteiger partial charge in [0, 0.05) is 17.9 Å². The summed E-state index contributed by atoms with van der Waals surface area (Å²) in [6.45, 7) is 2.12. The first-order valence-corrected chi connectivity index (χ1v) is 6.98. The van der Waals surface area contributed by atoms with Crippen molar-refractivity contribution in [1.29, 1.82) is 0 Å². The topological polar surface area (TPSA) is 43.8 Å². The molecular weight excluding hydrogens is 237 g/mol. The maximum Gasteiger partial charge on any atom is 0.201 e.